The predicted molar refractivity (Wildman–Crippen MR) is 64.6 cm³/mol. The van der Waals surface area contributed by atoms with E-state index >= 15 is 0 Å². The van der Waals surface area contributed by atoms with Crippen LogP contribution >= 0.6 is 0 Å². The number of aliphatic hydroxyl groups excluding tert-OH is 2. The van der Waals surface area contributed by atoms with Gasteiger partial charge in [0.05, 0.1) is 19.8 Å². The zero-order valence-electron chi connectivity index (χ0n) is 9.88. The van der Waals surface area contributed by atoms with Crippen LogP contribution in [0.5, 0.6) is 0 Å². The van der Waals surface area contributed by atoms with E-state index in [2.05, 4.69) is 17.0 Å². The Morgan fingerprint density at radius 3 is 2.53 bits per heavy atom. The van der Waals surface area contributed by atoms with Gasteiger partial charge in [-0.05, 0) is 5.56 Å². The Hall–Kier alpha value is -0.940. The van der Waals surface area contributed by atoms with Gasteiger partial charge in [-0.2, -0.15) is 0 Å². The zero-order valence-corrected chi connectivity index (χ0v) is 9.88. The maximum absolute atomic E-state index is 9.31. The Labute approximate surface area is 101 Å². The van der Waals surface area contributed by atoms with Gasteiger partial charge >= 0.3 is 0 Å². The number of nitrogens with zero attached hydrogens (tertiary/aromatic N) is 1. The fourth-order valence-corrected chi connectivity index (χ4v) is 2.14. The average molecular weight is 237 g/mol. The highest BCUT2D eigenvalue weighted by Gasteiger charge is 2.35. The molecule has 94 valence electrons. The van der Waals surface area contributed by atoms with Gasteiger partial charge in [-0.1, -0.05) is 30.3 Å². The first-order valence-corrected chi connectivity index (χ1v) is 5.90. The van der Waals surface area contributed by atoms with E-state index in [0.717, 1.165) is 13.1 Å². The first kappa shape index (κ1) is 12.5. The molecule has 0 atom stereocenters. The number of morpholine rings is 1. The molecule has 0 aliphatic carbocycles. The number of hydrogen-bond donors (Lipinski definition) is 2. The highest BCUT2D eigenvalue weighted by molar-refractivity contribution is 5.14. The van der Waals surface area contributed by atoms with Gasteiger partial charge in [-0.25, -0.2) is 0 Å². The third-order valence-electron chi connectivity index (χ3n) is 3.15. The summed E-state index contributed by atoms with van der Waals surface area (Å²) in [4.78, 5) is 2.20. The maximum Gasteiger partial charge on any atom is 0.127 e. The van der Waals surface area contributed by atoms with Crippen LogP contribution in [0.25, 0.3) is 0 Å². The van der Waals surface area contributed by atoms with Crippen LogP contribution in [0.3, 0.4) is 0 Å². The maximum atomic E-state index is 9.31. The first-order valence-electron chi connectivity index (χ1n) is 5.90. The molecule has 1 fully saturated rings. The Bertz CT molecular complexity index is 338. The molecule has 1 aromatic carbocycles. The second-order valence-corrected chi connectivity index (χ2v) is 4.54. The molecule has 0 aromatic heterocycles. The Morgan fingerprint density at radius 2 is 1.88 bits per heavy atom. The van der Waals surface area contributed by atoms with Gasteiger partial charge in [-0.15, -0.1) is 0 Å². The molecule has 1 aliphatic rings. The lowest BCUT2D eigenvalue weighted by atomic mass is 10.0. The van der Waals surface area contributed by atoms with Crippen molar-refractivity contribution in [1.82, 2.24) is 4.90 Å². The lowest BCUT2D eigenvalue weighted by Gasteiger charge is -2.40. The molecule has 1 aromatic rings. The van der Waals surface area contributed by atoms with Crippen molar-refractivity contribution in [2.45, 2.75) is 12.1 Å². The van der Waals surface area contributed by atoms with Gasteiger partial charge in [0.2, 0.25) is 0 Å². The van der Waals surface area contributed by atoms with Crippen molar-refractivity contribution in [2.75, 3.05) is 32.9 Å². The van der Waals surface area contributed by atoms with Crippen LogP contribution < -0.4 is 0 Å². The zero-order chi connectivity index (χ0) is 12.1. The molecule has 0 spiro atoms. The molecule has 1 heterocycles. The predicted octanol–water partition coefficient (Wildman–Crippen LogP) is 0.242. The van der Waals surface area contributed by atoms with Gasteiger partial charge in [0.1, 0.15) is 5.60 Å². The number of aliphatic hydroxyl groups is 2. The summed E-state index contributed by atoms with van der Waals surface area (Å²) in [6.45, 7) is 2.48. The molecule has 4 nitrogen and oxygen atoms in total. The Morgan fingerprint density at radius 1 is 1.18 bits per heavy atom. The third-order valence-corrected chi connectivity index (χ3v) is 3.15. The highest BCUT2D eigenvalue weighted by Crippen LogP contribution is 2.18. The minimum absolute atomic E-state index is 0.144. The number of rotatable bonds is 4. The summed E-state index contributed by atoms with van der Waals surface area (Å²) in [6, 6.07) is 10.2. The molecule has 0 amide bonds. The van der Waals surface area contributed by atoms with Crippen molar-refractivity contribution in [1.29, 1.82) is 0 Å². The molecular weight excluding hydrogens is 218 g/mol. The van der Waals surface area contributed by atoms with Crippen LogP contribution in [-0.2, 0) is 11.3 Å². The van der Waals surface area contributed by atoms with Crippen molar-refractivity contribution < 1.29 is 14.9 Å². The van der Waals surface area contributed by atoms with Crippen LogP contribution in [0.4, 0.5) is 0 Å². The smallest absolute Gasteiger partial charge is 0.127 e. The second kappa shape index (κ2) is 5.60. The number of hydrogen-bond acceptors (Lipinski definition) is 4. The standard InChI is InChI=1S/C13H19NO3/c15-10-13(11-16)9-14(6-7-17-13)8-12-4-2-1-3-5-12/h1-5,15-16H,6-11H2. The minimum atomic E-state index is -0.799. The van der Waals surface area contributed by atoms with E-state index in [-0.39, 0.29) is 13.2 Å². The van der Waals surface area contributed by atoms with E-state index in [1.54, 1.807) is 0 Å². The molecule has 2 N–H and O–H groups in total. The van der Waals surface area contributed by atoms with Gasteiger partial charge in [0, 0.05) is 19.6 Å². The van der Waals surface area contributed by atoms with Crippen LogP contribution in [-0.4, -0.2) is 53.6 Å². The molecule has 0 bridgehead atoms. The van der Waals surface area contributed by atoms with Crippen molar-refractivity contribution >= 4 is 0 Å². The summed E-state index contributed by atoms with van der Waals surface area (Å²) in [7, 11) is 0. The number of ether oxygens (including phenoxy) is 1. The van der Waals surface area contributed by atoms with E-state index in [4.69, 9.17) is 4.74 Å². The van der Waals surface area contributed by atoms with Gasteiger partial charge < -0.3 is 14.9 Å². The minimum Gasteiger partial charge on any atom is -0.393 e. The van der Waals surface area contributed by atoms with Crippen molar-refractivity contribution in [3.05, 3.63) is 35.9 Å². The summed E-state index contributed by atoms with van der Waals surface area (Å²) in [5.41, 5.74) is 0.437. The molecule has 4 heteroatoms. The first-order chi connectivity index (χ1) is 8.28. The SMILES string of the molecule is OCC1(CO)CN(Cc2ccccc2)CCO1. The number of benzene rings is 1. The molecule has 0 saturated carbocycles. The van der Waals surface area contributed by atoms with E-state index in [1.165, 1.54) is 5.56 Å². The fourth-order valence-electron chi connectivity index (χ4n) is 2.14. The summed E-state index contributed by atoms with van der Waals surface area (Å²) in [5, 5.41) is 18.6. The van der Waals surface area contributed by atoms with Crippen molar-refractivity contribution in [3.63, 3.8) is 0 Å². The average Bonchev–Trinajstić information content (AvgIpc) is 2.40. The summed E-state index contributed by atoms with van der Waals surface area (Å²) in [6.07, 6.45) is 0. The summed E-state index contributed by atoms with van der Waals surface area (Å²) < 4.78 is 5.49. The molecule has 1 saturated heterocycles. The van der Waals surface area contributed by atoms with E-state index in [9.17, 15) is 10.2 Å². The Balaban J connectivity index is 1.98. The van der Waals surface area contributed by atoms with Crippen LogP contribution in [0.15, 0.2) is 30.3 Å². The molecule has 2 rings (SSSR count). The normalized spacial score (nSPS) is 20.4. The fraction of sp³-hybridized carbons (Fsp3) is 0.538. The molecule has 0 radical (unpaired) electrons. The monoisotopic (exact) mass is 237 g/mol. The van der Waals surface area contributed by atoms with Crippen LogP contribution in [0.2, 0.25) is 0 Å². The van der Waals surface area contributed by atoms with Gasteiger partial charge in [0.15, 0.2) is 0 Å². The van der Waals surface area contributed by atoms with Crippen molar-refractivity contribution in [2.24, 2.45) is 0 Å². The molecule has 0 unspecified atom stereocenters. The van der Waals surface area contributed by atoms with Crippen molar-refractivity contribution in [3.8, 4) is 0 Å². The molecule has 1 aliphatic heterocycles. The second-order valence-electron chi connectivity index (χ2n) is 4.54. The highest BCUT2D eigenvalue weighted by atomic mass is 16.5. The van der Waals surface area contributed by atoms with Gasteiger partial charge in [-0.3, -0.25) is 4.90 Å². The summed E-state index contributed by atoms with van der Waals surface area (Å²) in [5.74, 6) is 0. The van der Waals surface area contributed by atoms with Gasteiger partial charge in [0.25, 0.3) is 0 Å². The quantitative estimate of drug-likeness (QED) is 0.788. The molecule has 17 heavy (non-hydrogen) atoms. The van der Waals surface area contributed by atoms with Crippen LogP contribution in [0, 0.1) is 0 Å². The molecular formula is C13H19NO3. The topological polar surface area (TPSA) is 52.9 Å². The van der Waals surface area contributed by atoms with E-state index < -0.39 is 5.60 Å². The lowest BCUT2D eigenvalue weighted by molar-refractivity contribution is -0.155. The summed E-state index contributed by atoms with van der Waals surface area (Å²) >= 11 is 0. The lowest BCUT2D eigenvalue weighted by Crippen LogP contribution is -2.55. The third kappa shape index (κ3) is 3.04. The van der Waals surface area contributed by atoms with E-state index in [1.807, 2.05) is 18.2 Å². The van der Waals surface area contributed by atoms with Crippen LogP contribution in [0.1, 0.15) is 5.56 Å². The largest absolute Gasteiger partial charge is 0.393 e. The van der Waals surface area contributed by atoms with E-state index in [0.29, 0.717) is 13.2 Å². The Kier molecular flexibility index (Phi) is 4.12.